The first-order valence-corrected chi connectivity index (χ1v) is 10.7. The van der Waals surface area contributed by atoms with Crippen molar-refractivity contribution in [3.05, 3.63) is 64.8 Å². The Morgan fingerprint density at radius 1 is 1.10 bits per heavy atom. The largest absolute Gasteiger partial charge is 0.435 e. The van der Waals surface area contributed by atoms with Crippen LogP contribution in [0, 0.1) is 13.8 Å². The van der Waals surface area contributed by atoms with Gasteiger partial charge in [-0.1, -0.05) is 19.1 Å². The first kappa shape index (κ1) is 20.6. The molecule has 0 amide bonds. The van der Waals surface area contributed by atoms with E-state index in [9.17, 15) is 21.6 Å². The van der Waals surface area contributed by atoms with Gasteiger partial charge in [0.05, 0.1) is 16.3 Å². The third-order valence-corrected chi connectivity index (χ3v) is 6.43. The minimum Gasteiger partial charge on any atom is -0.232 e. The number of aromatic nitrogens is 2. The third-order valence-electron chi connectivity index (χ3n) is 4.94. The van der Waals surface area contributed by atoms with Gasteiger partial charge in [-0.25, -0.2) is 17.8 Å². The number of rotatable bonds is 5. The maximum absolute atomic E-state index is 13.4. The van der Waals surface area contributed by atoms with Crippen molar-refractivity contribution in [2.45, 2.75) is 38.3 Å². The SMILES string of the molecule is [2H]N(C)S(=O)(=O)c1ccc(-n2nc(C(F)(F)F)cc2-c2ccc(CC)c(C)c2)cc1C. The summed E-state index contributed by atoms with van der Waals surface area (Å²) in [6.45, 7) is 5.42. The van der Waals surface area contributed by atoms with Crippen molar-refractivity contribution in [1.29, 1.82) is 0 Å². The minimum absolute atomic E-state index is 0.0957. The lowest BCUT2D eigenvalue weighted by Gasteiger charge is -2.12. The highest BCUT2D eigenvalue weighted by Crippen LogP contribution is 2.34. The number of hydrogen-bond acceptors (Lipinski definition) is 3. The smallest absolute Gasteiger partial charge is 0.232 e. The van der Waals surface area contributed by atoms with Gasteiger partial charge in [0.25, 0.3) is 0 Å². The highest BCUT2D eigenvalue weighted by Gasteiger charge is 2.35. The lowest BCUT2D eigenvalue weighted by Crippen LogP contribution is -2.19. The van der Waals surface area contributed by atoms with Crippen LogP contribution < -0.4 is 4.72 Å². The Balaban J connectivity index is 2.20. The van der Waals surface area contributed by atoms with E-state index in [1.165, 1.54) is 25.1 Å². The van der Waals surface area contributed by atoms with Gasteiger partial charge < -0.3 is 0 Å². The van der Waals surface area contributed by atoms with Crippen LogP contribution in [-0.2, 0) is 22.6 Å². The second-order valence-corrected chi connectivity index (χ2v) is 8.68. The van der Waals surface area contributed by atoms with Gasteiger partial charge >= 0.3 is 6.18 Å². The minimum atomic E-state index is -4.63. The lowest BCUT2D eigenvalue weighted by molar-refractivity contribution is -0.141. The molecule has 0 fully saturated rings. The Bertz CT molecular complexity index is 1240. The highest BCUT2D eigenvalue weighted by molar-refractivity contribution is 7.89. The topological polar surface area (TPSA) is 64.0 Å². The average Bonchev–Trinajstić information content (AvgIpc) is 3.13. The van der Waals surface area contributed by atoms with Gasteiger partial charge in [-0.3, -0.25) is 0 Å². The molecule has 2 aromatic carbocycles. The van der Waals surface area contributed by atoms with Crippen LogP contribution in [0.2, 0.25) is 1.41 Å². The van der Waals surface area contributed by atoms with E-state index >= 15 is 0 Å². The van der Waals surface area contributed by atoms with Crippen LogP contribution in [-0.4, -0.2) is 25.2 Å². The summed E-state index contributed by atoms with van der Waals surface area (Å²) < 4.78 is 73.7. The summed E-state index contributed by atoms with van der Waals surface area (Å²) in [5.41, 5.74) is 2.40. The van der Waals surface area contributed by atoms with Crippen molar-refractivity contribution < 1.29 is 23.0 Å². The van der Waals surface area contributed by atoms with E-state index < -0.39 is 21.9 Å². The lowest BCUT2D eigenvalue weighted by atomic mass is 10.0. The zero-order valence-electron chi connectivity index (χ0n) is 17.9. The molecule has 0 unspecified atom stereocenters. The van der Waals surface area contributed by atoms with Crippen molar-refractivity contribution in [2.75, 3.05) is 7.05 Å². The summed E-state index contributed by atoms with van der Waals surface area (Å²) in [6.07, 6.45) is -3.83. The summed E-state index contributed by atoms with van der Waals surface area (Å²) in [5.74, 6) is 0. The molecule has 160 valence electrons. The molecule has 0 aliphatic carbocycles. The van der Waals surface area contributed by atoms with Crippen molar-refractivity contribution in [1.82, 2.24) is 14.5 Å². The first-order chi connectivity index (χ1) is 14.4. The first-order valence-electron chi connectivity index (χ1n) is 9.67. The predicted octanol–water partition coefficient (Wildman–Crippen LogP) is 4.65. The fourth-order valence-electron chi connectivity index (χ4n) is 3.33. The summed E-state index contributed by atoms with van der Waals surface area (Å²) in [5, 5.41) is 3.76. The van der Waals surface area contributed by atoms with Gasteiger partial charge in [-0.05, 0) is 74.3 Å². The number of halogens is 3. The summed E-state index contributed by atoms with van der Waals surface area (Å²) in [4.78, 5) is -0.0957. The average molecular weight is 438 g/mol. The van der Waals surface area contributed by atoms with Crippen LogP contribution in [0.15, 0.2) is 47.4 Å². The molecule has 9 heteroatoms. The van der Waals surface area contributed by atoms with E-state index in [4.69, 9.17) is 1.41 Å². The Morgan fingerprint density at radius 2 is 1.80 bits per heavy atom. The molecule has 0 radical (unpaired) electrons. The van der Waals surface area contributed by atoms with Crippen molar-refractivity contribution in [3.8, 4) is 16.9 Å². The zero-order valence-corrected chi connectivity index (χ0v) is 17.8. The molecular formula is C21H22F3N3O2S. The molecule has 0 aliphatic rings. The molecule has 0 spiro atoms. The van der Waals surface area contributed by atoms with Gasteiger partial charge in [-0.2, -0.15) is 18.3 Å². The van der Waals surface area contributed by atoms with Gasteiger partial charge in [-0.15, -0.1) is 0 Å². The van der Waals surface area contributed by atoms with Gasteiger partial charge in [0.15, 0.2) is 5.69 Å². The number of nitrogens with zero attached hydrogens (tertiary/aromatic N) is 2. The monoisotopic (exact) mass is 438 g/mol. The van der Waals surface area contributed by atoms with Crippen molar-refractivity contribution >= 4 is 10.0 Å². The van der Waals surface area contributed by atoms with Crippen LogP contribution in [0.5, 0.6) is 0 Å². The van der Waals surface area contributed by atoms with Crippen LogP contribution >= 0.6 is 0 Å². The standard InChI is InChI=1S/C21H22F3N3O2S/c1-5-15-6-7-16(10-13(15)2)18-12-20(21(22,23)24)26-27(18)17-8-9-19(14(3)11-17)30(28,29)25-4/h6-12,25H,5H2,1-4H3/i/hD. The number of benzene rings is 2. The molecule has 5 nitrogen and oxygen atoms in total. The molecule has 3 rings (SSSR count). The molecule has 0 saturated heterocycles. The summed E-state index contributed by atoms with van der Waals surface area (Å²) in [7, 11) is -2.92. The van der Waals surface area contributed by atoms with E-state index in [1.807, 2.05) is 26.0 Å². The molecule has 3 aromatic rings. The van der Waals surface area contributed by atoms with E-state index in [2.05, 4.69) is 5.10 Å². The molecule has 1 N–H and O–H groups in total. The van der Waals surface area contributed by atoms with E-state index in [0.29, 0.717) is 15.8 Å². The van der Waals surface area contributed by atoms with E-state index in [-0.39, 0.29) is 16.3 Å². The second kappa shape index (κ2) is 7.88. The van der Waals surface area contributed by atoms with Crippen LogP contribution in [0.4, 0.5) is 13.2 Å². The Kier molecular flexibility index (Phi) is 5.42. The maximum Gasteiger partial charge on any atom is 0.435 e. The second-order valence-electron chi connectivity index (χ2n) is 6.93. The zero-order chi connectivity index (χ0) is 23.1. The van der Waals surface area contributed by atoms with E-state index in [1.54, 1.807) is 6.07 Å². The van der Waals surface area contributed by atoms with Crippen molar-refractivity contribution in [3.63, 3.8) is 0 Å². The number of alkyl halides is 3. The quantitative estimate of drug-likeness (QED) is 0.631. The van der Waals surface area contributed by atoms with Crippen molar-refractivity contribution in [2.24, 2.45) is 0 Å². The third kappa shape index (κ3) is 4.13. The Morgan fingerprint density at radius 3 is 2.33 bits per heavy atom. The van der Waals surface area contributed by atoms with Gasteiger partial charge in [0, 0.05) is 5.56 Å². The number of aryl methyl sites for hydroxylation is 3. The Labute approximate surface area is 175 Å². The number of hydrogen-bond donors (Lipinski definition) is 1. The molecule has 0 bridgehead atoms. The molecule has 0 saturated carbocycles. The fourth-order valence-corrected chi connectivity index (χ4v) is 4.23. The van der Waals surface area contributed by atoms with Crippen LogP contribution in [0.1, 0.15) is 29.3 Å². The van der Waals surface area contributed by atoms with E-state index in [0.717, 1.165) is 35.3 Å². The summed E-state index contributed by atoms with van der Waals surface area (Å²) >= 11 is 0. The molecule has 0 aliphatic heterocycles. The molecular weight excluding hydrogens is 415 g/mol. The number of sulfonamides is 1. The molecule has 30 heavy (non-hydrogen) atoms. The highest BCUT2D eigenvalue weighted by atomic mass is 32.2. The molecule has 0 atom stereocenters. The van der Waals surface area contributed by atoms with Gasteiger partial charge in [0.2, 0.25) is 10.0 Å². The number of nitrogens with one attached hydrogen (secondary N) is 1. The summed E-state index contributed by atoms with van der Waals surface area (Å²) in [6, 6.07) is 10.5. The predicted molar refractivity (Wildman–Crippen MR) is 109 cm³/mol. The fraction of sp³-hybridized carbons (Fsp3) is 0.286. The molecule has 1 aromatic heterocycles. The molecule has 1 heterocycles. The Hall–Kier alpha value is -2.65. The maximum atomic E-state index is 13.4. The van der Waals surface area contributed by atoms with Gasteiger partial charge in [0.1, 0.15) is 1.41 Å². The van der Waals surface area contributed by atoms with Crippen LogP contribution in [0.3, 0.4) is 0 Å². The van der Waals surface area contributed by atoms with Crippen LogP contribution in [0.25, 0.3) is 16.9 Å². The normalized spacial score (nSPS) is 13.0.